The number of amides is 1. The smallest absolute Gasteiger partial charge is 0.240 e. The lowest BCUT2D eigenvalue weighted by molar-refractivity contribution is -0.117. The van der Waals surface area contributed by atoms with E-state index >= 15 is 0 Å². The lowest BCUT2D eigenvalue weighted by Crippen LogP contribution is -2.24. The van der Waals surface area contributed by atoms with Crippen LogP contribution in [0.5, 0.6) is 0 Å². The molecule has 2 unspecified atom stereocenters. The Morgan fingerprint density at radius 3 is 2.45 bits per heavy atom. The van der Waals surface area contributed by atoms with E-state index in [0.29, 0.717) is 5.69 Å². The number of aromatic nitrogens is 1. The molecule has 0 aliphatic heterocycles. The van der Waals surface area contributed by atoms with Gasteiger partial charge in [0.15, 0.2) is 0 Å². The van der Waals surface area contributed by atoms with Crippen molar-refractivity contribution in [3.63, 3.8) is 0 Å². The molecule has 1 heterocycles. The van der Waals surface area contributed by atoms with Gasteiger partial charge in [0.05, 0.1) is 4.90 Å². The Balaban J connectivity index is 1.36. The van der Waals surface area contributed by atoms with Crippen LogP contribution in [0.1, 0.15) is 23.5 Å². The zero-order chi connectivity index (χ0) is 22.0. The number of carbonyl (C=O) groups is 1. The zero-order valence-electron chi connectivity index (χ0n) is 16.3. The maximum atomic E-state index is 13.7. The summed E-state index contributed by atoms with van der Waals surface area (Å²) >= 11 is 0. The highest BCUT2D eigenvalue weighted by molar-refractivity contribution is 7.89. The van der Waals surface area contributed by atoms with Crippen molar-refractivity contribution in [3.8, 4) is 0 Å². The Kier molecular flexibility index (Phi) is 5.79. The van der Waals surface area contributed by atoms with E-state index in [1.54, 1.807) is 12.4 Å². The van der Waals surface area contributed by atoms with E-state index < -0.39 is 21.7 Å². The second kappa shape index (κ2) is 8.52. The highest BCUT2D eigenvalue weighted by atomic mass is 32.2. The van der Waals surface area contributed by atoms with Crippen molar-refractivity contribution in [3.05, 3.63) is 89.8 Å². The van der Waals surface area contributed by atoms with Crippen LogP contribution in [0.2, 0.25) is 0 Å². The number of hydrogen-bond acceptors (Lipinski definition) is 4. The largest absolute Gasteiger partial charge is 0.326 e. The van der Waals surface area contributed by atoms with Crippen molar-refractivity contribution in [1.82, 2.24) is 9.71 Å². The minimum Gasteiger partial charge on any atom is -0.326 e. The second-order valence-corrected chi connectivity index (χ2v) is 9.07. The van der Waals surface area contributed by atoms with E-state index in [1.807, 2.05) is 12.1 Å². The first kappa shape index (κ1) is 21.1. The molecule has 1 aromatic heterocycles. The Morgan fingerprint density at radius 1 is 1.03 bits per heavy atom. The Labute approximate surface area is 178 Å². The molecule has 1 fully saturated rings. The van der Waals surface area contributed by atoms with Crippen molar-refractivity contribution in [1.29, 1.82) is 0 Å². The molecule has 1 saturated carbocycles. The van der Waals surface area contributed by atoms with Crippen LogP contribution >= 0.6 is 0 Å². The Morgan fingerprint density at radius 2 is 1.74 bits per heavy atom. The number of carbonyl (C=O) groups excluding carboxylic acids is 1. The molecule has 9 heteroatoms. The predicted molar refractivity (Wildman–Crippen MR) is 111 cm³/mol. The molecule has 2 N–H and O–H groups in total. The quantitative estimate of drug-likeness (QED) is 0.584. The van der Waals surface area contributed by atoms with Crippen LogP contribution < -0.4 is 10.0 Å². The van der Waals surface area contributed by atoms with Gasteiger partial charge in [-0.1, -0.05) is 0 Å². The number of benzene rings is 2. The summed E-state index contributed by atoms with van der Waals surface area (Å²) in [5.74, 6) is -1.45. The summed E-state index contributed by atoms with van der Waals surface area (Å²) < 4.78 is 54.0. The van der Waals surface area contributed by atoms with Crippen LogP contribution in [0.15, 0.2) is 71.9 Å². The molecule has 2 aromatic carbocycles. The summed E-state index contributed by atoms with van der Waals surface area (Å²) in [6, 6.07) is 12.3. The first-order valence-electron chi connectivity index (χ1n) is 9.58. The molecule has 160 valence electrons. The lowest BCUT2D eigenvalue weighted by Gasteiger charge is -2.09. The van der Waals surface area contributed by atoms with Gasteiger partial charge in [-0.2, -0.15) is 0 Å². The number of nitrogens with one attached hydrogen (secondary N) is 2. The average Bonchev–Trinajstić information content (AvgIpc) is 3.57. The van der Waals surface area contributed by atoms with Crippen molar-refractivity contribution in [2.24, 2.45) is 5.92 Å². The highest BCUT2D eigenvalue weighted by Crippen LogP contribution is 2.47. The van der Waals surface area contributed by atoms with Crippen LogP contribution in [-0.2, 0) is 21.4 Å². The second-order valence-electron chi connectivity index (χ2n) is 7.30. The van der Waals surface area contributed by atoms with Crippen LogP contribution in [0.25, 0.3) is 0 Å². The van der Waals surface area contributed by atoms with E-state index in [0.717, 1.165) is 30.2 Å². The molecule has 1 amide bonds. The molecule has 3 aromatic rings. The van der Waals surface area contributed by atoms with Gasteiger partial charge in [-0.3, -0.25) is 9.78 Å². The van der Waals surface area contributed by atoms with E-state index in [9.17, 15) is 22.0 Å². The Bertz CT molecular complexity index is 1200. The number of anilines is 1. The number of nitrogens with zero attached hydrogens (tertiary/aromatic N) is 1. The molecule has 4 rings (SSSR count). The summed E-state index contributed by atoms with van der Waals surface area (Å²) in [4.78, 5) is 16.4. The fourth-order valence-corrected chi connectivity index (χ4v) is 4.36. The number of rotatable bonds is 7. The summed E-state index contributed by atoms with van der Waals surface area (Å²) in [5, 5.41) is 2.79. The normalized spacial score (nSPS) is 17.9. The topological polar surface area (TPSA) is 88.2 Å². The molecule has 6 nitrogen and oxygen atoms in total. The minimum absolute atomic E-state index is 0.0524. The van der Waals surface area contributed by atoms with Gasteiger partial charge in [0.1, 0.15) is 11.6 Å². The average molecular weight is 443 g/mol. The Hall–Kier alpha value is -3.17. The van der Waals surface area contributed by atoms with Gasteiger partial charge in [0.2, 0.25) is 15.9 Å². The van der Waals surface area contributed by atoms with Gasteiger partial charge < -0.3 is 5.32 Å². The number of pyridine rings is 1. The van der Waals surface area contributed by atoms with Gasteiger partial charge in [-0.05, 0) is 72.5 Å². The SMILES string of the molecule is O=C(Nc1ccc(S(=O)(=O)NCc2cc(F)ccc2F)cc1)C1CC1c1ccncc1. The number of sulfonamides is 1. The minimum atomic E-state index is -3.94. The summed E-state index contributed by atoms with van der Waals surface area (Å²) in [6.07, 6.45) is 4.14. The molecule has 0 radical (unpaired) electrons. The van der Waals surface area contributed by atoms with Crippen molar-refractivity contribution >= 4 is 21.6 Å². The number of hydrogen-bond donors (Lipinski definition) is 2. The molecule has 0 spiro atoms. The van der Waals surface area contributed by atoms with Crippen LogP contribution in [0.3, 0.4) is 0 Å². The summed E-state index contributed by atoms with van der Waals surface area (Å²) in [5.41, 5.74) is 1.44. The van der Waals surface area contributed by atoms with Gasteiger partial charge in [-0.25, -0.2) is 21.9 Å². The predicted octanol–water partition coefficient (Wildman–Crippen LogP) is 3.58. The molecule has 1 aliphatic carbocycles. The zero-order valence-corrected chi connectivity index (χ0v) is 17.1. The van der Waals surface area contributed by atoms with Gasteiger partial charge in [-0.15, -0.1) is 0 Å². The third kappa shape index (κ3) is 4.95. The van der Waals surface area contributed by atoms with E-state index in [2.05, 4.69) is 15.0 Å². The molecule has 2 atom stereocenters. The van der Waals surface area contributed by atoms with Gasteiger partial charge >= 0.3 is 0 Å². The molecular weight excluding hydrogens is 424 g/mol. The van der Waals surface area contributed by atoms with E-state index in [-0.39, 0.29) is 34.7 Å². The highest BCUT2D eigenvalue weighted by Gasteiger charge is 2.43. The molecule has 1 aliphatic rings. The fraction of sp³-hybridized carbons (Fsp3) is 0.182. The van der Waals surface area contributed by atoms with Gasteiger partial charge in [0, 0.05) is 36.1 Å². The summed E-state index contributed by atoms with van der Waals surface area (Å²) in [6.45, 7) is -0.386. The lowest BCUT2D eigenvalue weighted by atomic mass is 10.1. The summed E-state index contributed by atoms with van der Waals surface area (Å²) in [7, 11) is -3.94. The van der Waals surface area contributed by atoms with Crippen LogP contribution in [0.4, 0.5) is 14.5 Å². The van der Waals surface area contributed by atoms with Crippen LogP contribution in [0, 0.1) is 17.6 Å². The maximum absolute atomic E-state index is 13.7. The molecule has 0 bridgehead atoms. The first-order valence-corrected chi connectivity index (χ1v) is 11.1. The standard InChI is InChI=1S/C22H19F2N3O3S/c23-16-1-6-21(24)15(11-16)13-26-31(29,30)18-4-2-17(3-5-18)27-22(28)20-12-19(20)14-7-9-25-10-8-14/h1-11,19-20,26H,12-13H2,(H,27,28). The monoisotopic (exact) mass is 443 g/mol. The third-order valence-corrected chi connectivity index (χ3v) is 6.57. The maximum Gasteiger partial charge on any atom is 0.240 e. The first-order chi connectivity index (χ1) is 14.8. The van der Waals surface area contributed by atoms with Gasteiger partial charge in [0.25, 0.3) is 0 Å². The van der Waals surface area contributed by atoms with Crippen molar-refractivity contribution in [2.75, 3.05) is 5.32 Å². The fourth-order valence-electron chi connectivity index (χ4n) is 3.35. The molecular formula is C22H19F2N3O3S. The van der Waals surface area contributed by atoms with E-state index in [1.165, 1.54) is 24.3 Å². The van der Waals surface area contributed by atoms with E-state index in [4.69, 9.17) is 0 Å². The van der Waals surface area contributed by atoms with Crippen molar-refractivity contribution in [2.45, 2.75) is 23.8 Å². The molecule has 0 saturated heterocycles. The van der Waals surface area contributed by atoms with Crippen molar-refractivity contribution < 1.29 is 22.0 Å². The third-order valence-electron chi connectivity index (χ3n) is 5.15. The number of halogens is 2. The molecule has 31 heavy (non-hydrogen) atoms. The van der Waals surface area contributed by atoms with Crippen LogP contribution in [-0.4, -0.2) is 19.3 Å².